The number of nitrogens with one attached hydrogen (secondary N) is 2. The van der Waals surface area contributed by atoms with Gasteiger partial charge in [-0.15, -0.1) is 0 Å². The Morgan fingerprint density at radius 3 is 2.20 bits per heavy atom. The summed E-state index contributed by atoms with van der Waals surface area (Å²) in [6.07, 6.45) is 3.87. The van der Waals surface area contributed by atoms with Gasteiger partial charge in [-0.2, -0.15) is 0 Å². The van der Waals surface area contributed by atoms with Crippen molar-refractivity contribution in [2.45, 2.75) is 18.9 Å². The lowest BCUT2D eigenvalue weighted by atomic mass is 10.0. The predicted molar refractivity (Wildman–Crippen MR) is 126 cm³/mol. The number of aromatic nitrogens is 2. The maximum absolute atomic E-state index is 13.1. The average Bonchev–Trinajstić information content (AvgIpc) is 2.89. The lowest BCUT2D eigenvalue weighted by Gasteiger charge is -2.32. The molecule has 0 bridgehead atoms. The molecule has 1 aromatic heterocycles. The van der Waals surface area contributed by atoms with Crippen molar-refractivity contribution in [3.63, 3.8) is 0 Å². The first-order valence-electron chi connectivity index (χ1n) is 11.1. The number of halogens is 1. The Kier molecular flexibility index (Phi) is 7.30. The molecular formula is C25H24FN5O4. The number of hydrogen-bond acceptors (Lipinski definition) is 6. The second-order valence-electron chi connectivity index (χ2n) is 7.98. The van der Waals surface area contributed by atoms with Crippen molar-refractivity contribution in [1.82, 2.24) is 20.2 Å². The zero-order valence-corrected chi connectivity index (χ0v) is 19.0. The number of anilines is 1. The minimum absolute atomic E-state index is 0.00597. The molecule has 2 N–H and O–H groups in total. The number of nitrogens with zero attached hydrogens (tertiary/aromatic N) is 3. The van der Waals surface area contributed by atoms with E-state index in [-0.39, 0.29) is 29.0 Å². The Labute approximate surface area is 201 Å². The van der Waals surface area contributed by atoms with Crippen LogP contribution in [0.1, 0.15) is 44.0 Å². The Balaban J connectivity index is 1.34. The standard InChI is InChI=1S/C25H24FN5O4/c1-35-20-8-4-17(5-9-20)25(34)31-14-10-19(11-15-31)29-24(33)21-22(28-13-12-27-21)30-23(32)16-2-6-18(26)7-3-16/h2-9,12-13,19H,10-11,14-15H2,1H3,(H,29,33)(H,28,30,32). The smallest absolute Gasteiger partial charge is 0.273 e. The van der Waals surface area contributed by atoms with Crippen molar-refractivity contribution in [3.05, 3.63) is 83.6 Å². The summed E-state index contributed by atoms with van der Waals surface area (Å²) in [6.45, 7) is 0.981. The van der Waals surface area contributed by atoms with Crippen molar-refractivity contribution in [2.24, 2.45) is 0 Å². The summed E-state index contributed by atoms with van der Waals surface area (Å²) in [6, 6.07) is 11.8. The van der Waals surface area contributed by atoms with Crippen LogP contribution in [-0.4, -0.2) is 58.8 Å². The molecule has 0 atom stereocenters. The Morgan fingerprint density at radius 1 is 0.914 bits per heavy atom. The van der Waals surface area contributed by atoms with Crippen molar-refractivity contribution in [1.29, 1.82) is 0 Å². The average molecular weight is 477 g/mol. The Morgan fingerprint density at radius 2 is 1.54 bits per heavy atom. The van der Waals surface area contributed by atoms with Crippen molar-refractivity contribution >= 4 is 23.5 Å². The topological polar surface area (TPSA) is 114 Å². The van der Waals surface area contributed by atoms with Crippen LogP contribution in [0.4, 0.5) is 10.2 Å². The van der Waals surface area contributed by atoms with E-state index in [0.29, 0.717) is 37.2 Å². The third kappa shape index (κ3) is 5.78. The highest BCUT2D eigenvalue weighted by molar-refractivity contribution is 6.07. The number of piperidine rings is 1. The fourth-order valence-corrected chi connectivity index (χ4v) is 3.77. The van der Waals surface area contributed by atoms with E-state index in [4.69, 9.17) is 4.74 Å². The first-order valence-corrected chi connectivity index (χ1v) is 11.1. The molecule has 0 spiro atoms. The van der Waals surface area contributed by atoms with Gasteiger partial charge >= 0.3 is 0 Å². The lowest BCUT2D eigenvalue weighted by molar-refractivity contribution is 0.0697. The van der Waals surface area contributed by atoms with Crippen LogP contribution in [0.25, 0.3) is 0 Å². The van der Waals surface area contributed by atoms with E-state index in [0.717, 1.165) is 0 Å². The molecule has 10 heteroatoms. The quantitative estimate of drug-likeness (QED) is 0.565. The SMILES string of the molecule is COc1ccc(C(=O)N2CCC(NC(=O)c3nccnc3NC(=O)c3ccc(F)cc3)CC2)cc1. The third-order valence-corrected chi connectivity index (χ3v) is 5.71. The molecular weight excluding hydrogens is 453 g/mol. The second-order valence-corrected chi connectivity index (χ2v) is 7.98. The van der Waals surface area contributed by atoms with E-state index in [1.165, 1.54) is 36.7 Å². The van der Waals surface area contributed by atoms with Gasteiger partial charge in [0.15, 0.2) is 11.5 Å². The van der Waals surface area contributed by atoms with E-state index >= 15 is 0 Å². The fraction of sp³-hybridized carbons (Fsp3) is 0.240. The zero-order valence-electron chi connectivity index (χ0n) is 19.0. The van der Waals surface area contributed by atoms with Gasteiger partial charge in [-0.05, 0) is 61.4 Å². The first-order chi connectivity index (χ1) is 16.9. The Bertz CT molecular complexity index is 1210. The highest BCUT2D eigenvalue weighted by Crippen LogP contribution is 2.18. The first kappa shape index (κ1) is 23.8. The largest absolute Gasteiger partial charge is 0.497 e. The number of ether oxygens (including phenoxy) is 1. The van der Waals surface area contributed by atoms with Gasteiger partial charge in [0.2, 0.25) is 0 Å². The van der Waals surface area contributed by atoms with Crippen LogP contribution in [0.2, 0.25) is 0 Å². The number of hydrogen-bond donors (Lipinski definition) is 2. The molecule has 0 radical (unpaired) electrons. The third-order valence-electron chi connectivity index (χ3n) is 5.71. The molecule has 1 saturated heterocycles. The van der Waals surface area contributed by atoms with Gasteiger partial charge in [0.25, 0.3) is 17.7 Å². The van der Waals surface area contributed by atoms with E-state index in [2.05, 4.69) is 20.6 Å². The highest BCUT2D eigenvalue weighted by atomic mass is 19.1. The highest BCUT2D eigenvalue weighted by Gasteiger charge is 2.26. The van der Waals surface area contributed by atoms with Crippen LogP contribution in [0, 0.1) is 5.82 Å². The molecule has 3 amide bonds. The van der Waals surface area contributed by atoms with Crippen LogP contribution in [0.3, 0.4) is 0 Å². The van der Waals surface area contributed by atoms with E-state index < -0.39 is 17.6 Å². The molecule has 1 aliphatic heterocycles. The number of rotatable bonds is 6. The van der Waals surface area contributed by atoms with Crippen LogP contribution in [-0.2, 0) is 0 Å². The number of carbonyl (C=O) groups is 3. The van der Waals surface area contributed by atoms with Gasteiger partial charge in [-0.3, -0.25) is 14.4 Å². The van der Waals surface area contributed by atoms with Crippen LogP contribution in [0.15, 0.2) is 60.9 Å². The molecule has 180 valence electrons. The van der Waals surface area contributed by atoms with Gasteiger partial charge in [-0.25, -0.2) is 14.4 Å². The van der Waals surface area contributed by atoms with Gasteiger partial charge in [-0.1, -0.05) is 0 Å². The predicted octanol–water partition coefficient (Wildman–Crippen LogP) is 2.91. The second kappa shape index (κ2) is 10.7. The Hall–Kier alpha value is -4.34. The lowest BCUT2D eigenvalue weighted by Crippen LogP contribution is -2.46. The van der Waals surface area contributed by atoms with Gasteiger partial charge < -0.3 is 20.3 Å². The summed E-state index contributed by atoms with van der Waals surface area (Å²) < 4.78 is 18.2. The maximum Gasteiger partial charge on any atom is 0.273 e. The summed E-state index contributed by atoms with van der Waals surface area (Å²) in [5, 5.41) is 5.47. The summed E-state index contributed by atoms with van der Waals surface area (Å²) in [5.74, 6) is -0.862. The molecule has 3 aromatic rings. The fourth-order valence-electron chi connectivity index (χ4n) is 3.77. The summed E-state index contributed by atoms with van der Waals surface area (Å²) >= 11 is 0. The van der Waals surface area contributed by atoms with E-state index in [1.54, 1.807) is 36.3 Å². The molecule has 0 saturated carbocycles. The number of likely N-dealkylation sites (tertiary alicyclic amines) is 1. The molecule has 2 aromatic carbocycles. The molecule has 1 fully saturated rings. The summed E-state index contributed by atoms with van der Waals surface area (Å²) in [7, 11) is 1.57. The molecule has 0 aliphatic carbocycles. The van der Waals surface area contributed by atoms with Crippen molar-refractivity contribution in [2.75, 3.05) is 25.5 Å². The van der Waals surface area contributed by atoms with Crippen LogP contribution >= 0.6 is 0 Å². The molecule has 0 unspecified atom stereocenters. The van der Waals surface area contributed by atoms with Crippen molar-refractivity contribution in [3.8, 4) is 5.75 Å². The minimum atomic E-state index is -0.537. The number of amides is 3. The molecule has 1 aliphatic rings. The molecule has 9 nitrogen and oxygen atoms in total. The van der Waals surface area contributed by atoms with Crippen LogP contribution < -0.4 is 15.4 Å². The molecule has 4 rings (SSSR count). The van der Waals surface area contributed by atoms with Gasteiger partial charge in [0.05, 0.1) is 7.11 Å². The molecule has 2 heterocycles. The zero-order chi connectivity index (χ0) is 24.8. The number of carbonyl (C=O) groups excluding carboxylic acids is 3. The summed E-state index contributed by atoms with van der Waals surface area (Å²) in [5.41, 5.74) is 0.770. The maximum atomic E-state index is 13.1. The molecule has 35 heavy (non-hydrogen) atoms. The minimum Gasteiger partial charge on any atom is -0.497 e. The van der Waals surface area contributed by atoms with E-state index in [1.807, 2.05) is 0 Å². The van der Waals surface area contributed by atoms with Crippen molar-refractivity contribution < 1.29 is 23.5 Å². The normalized spacial score (nSPS) is 13.7. The van der Waals surface area contributed by atoms with Gasteiger partial charge in [0.1, 0.15) is 11.6 Å². The number of methoxy groups -OCH3 is 1. The summed E-state index contributed by atoms with van der Waals surface area (Å²) in [4.78, 5) is 48.0. The van der Waals surface area contributed by atoms with Crippen LogP contribution in [0.5, 0.6) is 5.75 Å². The number of benzene rings is 2. The van der Waals surface area contributed by atoms with E-state index in [9.17, 15) is 18.8 Å². The monoisotopic (exact) mass is 477 g/mol. The van der Waals surface area contributed by atoms with Gasteiger partial charge in [0, 0.05) is 42.7 Å².